The first-order valence-corrected chi connectivity index (χ1v) is 14.7. The third-order valence-corrected chi connectivity index (χ3v) is 8.85. The third kappa shape index (κ3) is 6.16. The van der Waals surface area contributed by atoms with Gasteiger partial charge in [0.1, 0.15) is 0 Å². The Labute approximate surface area is 236 Å². The van der Waals surface area contributed by atoms with Crippen LogP contribution in [0, 0.1) is 0 Å². The second-order valence-corrected chi connectivity index (χ2v) is 11.5. The van der Waals surface area contributed by atoms with E-state index in [0.717, 1.165) is 28.2 Å². The van der Waals surface area contributed by atoms with Gasteiger partial charge in [-0.2, -0.15) is 0 Å². The molecule has 5 aromatic rings. The van der Waals surface area contributed by atoms with Gasteiger partial charge in [0.15, 0.2) is 0 Å². The van der Waals surface area contributed by atoms with E-state index in [0.29, 0.717) is 0 Å². The molecule has 4 aromatic carbocycles. The Bertz CT molecular complexity index is 1570. The van der Waals surface area contributed by atoms with E-state index in [4.69, 9.17) is 4.42 Å². The van der Waals surface area contributed by atoms with Crippen molar-refractivity contribution in [2.75, 3.05) is 0 Å². The van der Waals surface area contributed by atoms with Crippen molar-refractivity contribution < 1.29 is 4.42 Å². The van der Waals surface area contributed by atoms with Gasteiger partial charge in [0.2, 0.25) is 0 Å². The molecule has 0 bridgehead atoms. The topological polar surface area (TPSA) is 11.3 Å². The fourth-order valence-corrected chi connectivity index (χ4v) is 6.87. The quantitative estimate of drug-likeness (QED) is 0.147. The zero-order valence-corrected chi connectivity index (χ0v) is 23.1. The standard InChI is InChI=1S/C37H27OSe/c1-5-16-30(17-6-1)34-24-28(25-35(38-34)31-18-7-2-8-19-31)14-13-15-29-26-36(32-20-9-3-10-21-32)39-37(27-29)33-22-11-4-12-23-33/h1-27H/q+1/b14-13+. The van der Waals surface area contributed by atoms with Crippen molar-refractivity contribution in [3.8, 4) is 22.6 Å². The van der Waals surface area contributed by atoms with Crippen LogP contribution in [0.5, 0.6) is 0 Å². The summed E-state index contributed by atoms with van der Waals surface area (Å²) in [6.45, 7) is 0. The summed E-state index contributed by atoms with van der Waals surface area (Å²) in [6.07, 6.45) is 11.2. The summed E-state index contributed by atoms with van der Waals surface area (Å²) in [5, 5.41) is 0. The maximum atomic E-state index is 6.35. The van der Waals surface area contributed by atoms with Crippen LogP contribution in [0.25, 0.3) is 37.7 Å². The van der Waals surface area contributed by atoms with E-state index < -0.39 is 0 Å². The molecule has 1 aliphatic heterocycles. The minimum atomic E-state index is 0.236. The Morgan fingerprint density at radius 2 is 0.897 bits per heavy atom. The van der Waals surface area contributed by atoms with Crippen LogP contribution in [-0.2, 0) is 0 Å². The average molecular weight is 567 g/mol. The molecule has 1 aromatic heterocycles. The summed E-state index contributed by atoms with van der Waals surface area (Å²) < 4.78 is 9.12. The van der Waals surface area contributed by atoms with Crippen LogP contribution in [0.2, 0.25) is 0 Å². The molecule has 1 nitrogen and oxygen atoms in total. The normalized spacial score (nSPS) is 13.2. The molecule has 2 heterocycles. The molecule has 0 spiro atoms. The van der Waals surface area contributed by atoms with E-state index in [1.807, 2.05) is 36.4 Å². The molecule has 0 amide bonds. The molecule has 0 atom stereocenters. The van der Waals surface area contributed by atoms with Crippen molar-refractivity contribution in [3.63, 3.8) is 0 Å². The Balaban J connectivity index is 1.37. The average Bonchev–Trinajstić information content (AvgIpc) is 3.02. The van der Waals surface area contributed by atoms with E-state index in [1.54, 1.807) is 0 Å². The molecule has 6 rings (SSSR count). The summed E-state index contributed by atoms with van der Waals surface area (Å²) in [6, 6.07) is 46.2. The Hall–Kier alpha value is -4.49. The molecule has 2 heteroatoms. The second-order valence-electron chi connectivity index (χ2n) is 9.23. The predicted octanol–water partition coefficient (Wildman–Crippen LogP) is 9.63. The molecule has 0 unspecified atom stereocenters. The zero-order valence-electron chi connectivity index (χ0n) is 21.4. The summed E-state index contributed by atoms with van der Waals surface area (Å²) in [5.74, 6) is 1.70. The molecule has 0 N–H and O–H groups in total. The van der Waals surface area contributed by atoms with Gasteiger partial charge < -0.3 is 0 Å². The molecule has 1 aliphatic rings. The Morgan fingerprint density at radius 1 is 0.487 bits per heavy atom. The Morgan fingerprint density at radius 3 is 1.33 bits per heavy atom. The first-order valence-electron chi connectivity index (χ1n) is 13.0. The molecular formula is C37H27OSe+. The second kappa shape index (κ2) is 11.9. The third-order valence-electron chi connectivity index (χ3n) is 6.44. The van der Waals surface area contributed by atoms with Gasteiger partial charge in [-0.3, -0.25) is 0 Å². The fraction of sp³-hybridized carbons (Fsp3) is 0. The van der Waals surface area contributed by atoms with Gasteiger partial charge in [-0.1, -0.05) is 12.1 Å². The molecule has 0 saturated carbocycles. The van der Waals surface area contributed by atoms with Gasteiger partial charge >= 0.3 is 225 Å². The molecule has 0 fully saturated rings. The van der Waals surface area contributed by atoms with E-state index >= 15 is 0 Å². The maximum absolute atomic E-state index is 6.35. The Kier molecular flexibility index (Phi) is 7.59. The van der Waals surface area contributed by atoms with E-state index in [-0.39, 0.29) is 15.0 Å². The van der Waals surface area contributed by atoms with Gasteiger partial charge in [0.25, 0.3) is 0 Å². The van der Waals surface area contributed by atoms with Crippen LogP contribution in [0.1, 0.15) is 16.7 Å². The van der Waals surface area contributed by atoms with Gasteiger partial charge in [0, 0.05) is 0 Å². The summed E-state index contributed by atoms with van der Waals surface area (Å²) in [7, 11) is 0. The van der Waals surface area contributed by atoms with Gasteiger partial charge in [-0.25, -0.2) is 0 Å². The SMILES string of the molecule is C(/C=C/c1cc(-c2ccccc2)[o+]c(-c2ccccc2)c1)=C1C=C(c2ccccc2)[Se]C(c2ccccc2)=C1. The minimum absolute atomic E-state index is 0.236. The van der Waals surface area contributed by atoms with E-state index in [1.165, 1.54) is 25.6 Å². The molecule has 186 valence electrons. The number of hydrogen-bond donors (Lipinski definition) is 0. The first-order chi connectivity index (χ1) is 19.3. The van der Waals surface area contributed by atoms with Crippen LogP contribution >= 0.6 is 0 Å². The predicted molar refractivity (Wildman–Crippen MR) is 166 cm³/mol. The number of benzene rings is 4. The summed E-state index contributed by atoms with van der Waals surface area (Å²) in [4.78, 5) is 0. The van der Waals surface area contributed by atoms with E-state index in [2.05, 4.69) is 127 Å². The molecule has 0 aliphatic carbocycles. The molecule has 39 heavy (non-hydrogen) atoms. The van der Waals surface area contributed by atoms with Gasteiger partial charge in [-0.05, 0) is 0 Å². The summed E-state index contributed by atoms with van der Waals surface area (Å²) >= 11 is 0.236. The van der Waals surface area contributed by atoms with E-state index in [9.17, 15) is 0 Å². The van der Waals surface area contributed by atoms with Crippen molar-refractivity contribution in [3.05, 3.63) is 180 Å². The van der Waals surface area contributed by atoms with Gasteiger partial charge in [0.05, 0.1) is 0 Å². The van der Waals surface area contributed by atoms with Crippen LogP contribution in [0.3, 0.4) is 0 Å². The molecular weight excluding hydrogens is 539 g/mol. The van der Waals surface area contributed by atoms with Crippen molar-refractivity contribution >= 4 is 30.0 Å². The van der Waals surface area contributed by atoms with Crippen molar-refractivity contribution in [2.45, 2.75) is 0 Å². The zero-order chi connectivity index (χ0) is 26.3. The van der Waals surface area contributed by atoms with Crippen molar-refractivity contribution in [2.24, 2.45) is 0 Å². The molecule has 0 saturated heterocycles. The van der Waals surface area contributed by atoms with Gasteiger partial charge in [-0.15, -0.1) is 0 Å². The summed E-state index contributed by atoms with van der Waals surface area (Å²) in [5.41, 5.74) is 6.99. The number of rotatable bonds is 6. The fourth-order valence-electron chi connectivity index (χ4n) is 4.49. The van der Waals surface area contributed by atoms with Crippen LogP contribution < -0.4 is 0 Å². The molecule has 0 radical (unpaired) electrons. The first kappa shape index (κ1) is 24.8. The van der Waals surface area contributed by atoms with Crippen LogP contribution in [0.4, 0.5) is 0 Å². The monoisotopic (exact) mass is 567 g/mol. The van der Waals surface area contributed by atoms with Crippen LogP contribution in [0.15, 0.2) is 168 Å². The number of allylic oxidation sites excluding steroid dienone is 5. The van der Waals surface area contributed by atoms with Crippen molar-refractivity contribution in [1.29, 1.82) is 0 Å². The van der Waals surface area contributed by atoms with Crippen LogP contribution in [-0.4, -0.2) is 15.0 Å². The number of hydrogen-bond acceptors (Lipinski definition) is 0. The van der Waals surface area contributed by atoms with Crippen molar-refractivity contribution in [1.82, 2.24) is 0 Å².